The maximum atomic E-state index is 10.7. The number of benzene rings is 1. The van der Waals surface area contributed by atoms with Crippen molar-refractivity contribution in [3.8, 4) is 0 Å². The van der Waals surface area contributed by atoms with Gasteiger partial charge < -0.3 is 4.79 Å². The molecule has 0 bridgehead atoms. The lowest BCUT2D eigenvalue weighted by molar-refractivity contribution is -0.191. The molecule has 4 nitrogen and oxygen atoms in total. The lowest BCUT2D eigenvalue weighted by Crippen LogP contribution is -2.34. The molecule has 1 atom stereocenters. The minimum Gasteiger partial charge on any atom is -0.301 e. The summed E-state index contributed by atoms with van der Waals surface area (Å²) in [5, 5.41) is 1.06. The van der Waals surface area contributed by atoms with Crippen molar-refractivity contribution in [3.63, 3.8) is 0 Å². The van der Waals surface area contributed by atoms with E-state index in [1.807, 2.05) is 37.3 Å². The van der Waals surface area contributed by atoms with Crippen molar-refractivity contribution in [2.75, 3.05) is 0 Å². The van der Waals surface area contributed by atoms with Crippen LogP contribution in [0.25, 0.3) is 0 Å². The Hall–Kier alpha value is -1.68. The monoisotopic (exact) mass is 221 g/mol. The molecule has 1 aromatic rings. The first-order valence-corrected chi connectivity index (χ1v) is 5.17. The van der Waals surface area contributed by atoms with Gasteiger partial charge in [0, 0.05) is 0 Å². The molecule has 0 radical (unpaired) electrons. The van der Waals surface area contributed by atoms with Gasteiger partial charge in [-0.2, -0.15) is 0 Å². The number of aldehydes is 1. The Morgan fingerprint density at radius 3 is 2.50 bits per heavy atom. The summed E-state index contributed by atoms with van der Waals surface area (Å²) in [5.74, 6) is 0. The number of carbonyl (C=O) groups is 2. The Balaban J connectivity index is 2.51. The van der Waals surface area contributed by atoms with E-state index in [0.717, 1.165) is 10.6 Å². The predicted molar refractivity (Wildman–Crippen MR) is 59.3 cm³/mol. The summed E-state index contributed by atoms with van der Waals surface area (Å²) >= 11 is 0. The maximum Gasteiger partial charge on any atom is 0.234 e. The second kappa shape index (κ2) is 6.74. The Morgan fingerprint density at radius 2 is 2.00 bits per heavy atom. The second-order valence-corrected chi connectivity index (χ2v) is 3.34. The van der Waals surface area contributed by atoms with Crippen LogP contribution in [-0.2, 0) is 21.0 Å². The van der Waals surface area contributed by atoms with E-state index in [2.05, 4.69) is 0 Å². The van der Waals surface area contributed by atoms with E-state index in [0.29, 0.717) is 19.1 Å². The van der Waals surface area contributed by atoms with Crippen molar-refractivity contribution in [1.29, 1.82) is 0 Å². The average Bonchev–Trinajstić information content (AvgIpc) is 2.35. The molecule has 1 rings (SSSR count). The number of nitrogens with zero attached hydrogens (tertiary/aromatic N) is 1. The lowest BCUT2D eigenvalue weighted by atomic mass is 10.2. The van der Waals surface area contributed by atoms with E-state index in [1.165, 1.54) is 0 Å². The highest BCUT2D eigenvalue weighted by molar-refractivity contribution is 5.62. The van der Waals surface area contributed by atoms with Crippen molar-refractivity contribution >= 4 is 12.7 Å². The predicted octanol–water partition coefficient (Wildman–Crippen LogP) is 1.55. The molecule has 0 fully saturated rings. The number of amides is 1. The van der Waals surface area contributed by atoms with Gasteiger partial charge in [0.05, 0.1) is 0 Å². The number of hydrogen-bond donors (Lipinski definition) is 0. The largest absolute Gasteiger partial charge is 0.301 e. The van der Waals surface area contributed by atoms with E-state index >= 15 is 0 Å². The van der Waals surface area contributed by atoms with E-state index < -0.39 is 6.04 Å². The molecular formula is C12H15NO3. The minimum atomic E-state index is -0.513. The normalized spacial score (nSPS) is 11.8. The molecule has 0 aromatic heterocycles. The average molecular weight is 221 g/mol. The SMILES string of the molecule is CC[C@@H](C=O)N(C=O)OCc1ccccc1. The van der Waals surface area contributed by atoms with Crippen LogP contribution in [0.2, 0.25) is 0 Å². The molecule has 0 aliphatic heterocycles. The molecule has 0 saturated heterocycles. The van der Waals surface area contributed by atoms with E-state index in [9.17, 15) is 9.59 Å². The highest BCUT2D eigenvalue weighted by Gasteiger charge is 2.14. The van der Waals surface area contributed by atoms with E-state index in [1.54, 1.807) is 0 Å². The third-order valence-corrected chi connectivity index (χ3v) is 2.23. The number of carbonyl (C=O) groups excluding carboxylic acids is 2. The highest BCUT2D eigenvalue weighted by atomic mass is 16.7. The molecule has 86 valence electrons. The smallest absolute Gasteiger partial charge is 0.234 e. The fourth-order valence-corrected chi connectivity index (χ4v) is 1.26. The van der Waals surface area contributed by atoms with Crippen molar-refractivity contribution in [1.82, 2.24) is 5.06 Å². The van der Waals surface area contributed by atoms with Crippen LogP contribution in [0.1, 0.15) is 18.9 Å². The van der Waals surface area contributed by atoms with Crippen molar-refractivity contribution in [2.24, 2.45) is 0 Å². The molecule has 0 saturated carbocycles. The second-order valence-electron chi connectivity index (χ2n) is 3.34. The summed E-state index contributed by atoms with van der Waals surface area (Å²) < 4.78 is 0. The lowest BCUT2D eigenvalue weighted by Gasteiger charge is -2.21. The molecule has 0 spiro atoms. The highest BCUT2D eigenvalue weighted by Crippen LogP contribution is 2.05. The molecule has 0 heterocycles. The summed E-state index contributed by atoms with van der Waals surface area (Å²) in [6, 6.07) is 8.96. The van der Waals surface area contributed by atoms with Crippen LogP contribution >= 0.6 is 0 Å². The third kappa shape index (κ3) is 3.47. The van der Waals surface area contributed by atoms with Crippen molar-refractivity contribution in [2.45, 2.75) is 26.0 Å². The van der Waals surface area contributed by atoms with Crippen molar-refractivity contribution < 1.29 is 14.4 Å². The van der Waals surface area contributed by atoms with Gasteiger partial charge in [-0.1, -0.05) is 37.3 Å². The Morgan fingerprint density at radius 1 is 1.31 bits per heavy atom. The Kier molecular flexibility index (Phi) is 5.22. The summed E-state index contributed by atoms with van der Waals surface area (Å²) in [6.07, 6.45) is 1.78. The zero-order valence-corrected chi connectivity index (χ0v) is 9.20. The molecule has 0 aliphatic rings. The first kappa shape index (κ1) is 12.4. The van der Waals surface area contributed by atoms with Gasteiger partial charge in [0.1, 0.15) is 18.9 Å². The molecule has 16 heavy (non-hydrogen) atoms. The summed E-state index contributed by atoms with van der Waals surface area (Å²) in [6.45, 7) is 2.10. The minimum absolute atomic E-state index is 0.282. The number of hydrogen-bond acceptors (Lipinski definition) is 3. The van der Waals surface area contributed by atoms with Gasteiger partial charge in [-0.3, -0.25) is 9.63 Å². The van der Waals surface area contributed by atoms with Crippen LogP contribution in [0.15, 0.2) is 30.3 Å². The van der Waals surface area contributed by atoms with Crippen LogP contribution < -0.4 is 0 Å². The topological polar surface area (TPSA) is 46.6 Å². The Labute approximate surface area is 94.8 Å². The third-order valence-electron chi connectivity index (χ3n) is 2.23. The summed E-state index contributed by atoms with van der Waals surface area (Å²) in [7, 11) is 0. The van der Waals surface area contributed by atoms with Gasteiger partial charge in [-0.15, -0.1) is 0 Å². The van der Waals surface area contributed by atoms with Gasteiger partial charge >= 0.3 is 0 Å². The molecule has 0 unspecified atom stereocenters. The van der Waals surface area contributed by atoms with Gasteiger partial charge in [0.2, 0.25) is 6.41 Å². The fraction of sp³-hybridized carbons (Fsp3) is 0.333. The molecule has 1 aromatic carbocycles. The zero-order chi connectivity index (χ0) is 11.8. The maximum absolute atomic E-state index is 10.7. The number of rotatable bonds is 7. The van der Waals surface area contributed by atoms with Gasteiger partial charge in [0.15, 0.2) is 0 Å². The molecular weight excluding hydrogens is 206 g/mol. The molecule has 0 aliphatic carbocycles. The fourth-order valence-electron chi connectivity index (χ4n) is 1.26. The number of hydroxylamine groups is 2. The van der Waals surface area contributed by atoms with Crippen LogP contribution in [0.5, 0.6) is 0 Å². The van der Waals surface area contributed by atoms with Crippen LogP contribution in [0.4, 0.5) is 0 Å². The van der Waals surface area contributed by atoms with E-state index in [-0.39, 0.29) is 6.61 Å². The van der Waals surface area contributed by atoms with Gasteiger partial charge in [0.25, 0.3) is 0 Å². The summed E-state index contributed by atoms with van der Waals surface area (Å²) in [4.78, 5) is 26.7. The summed E-state index contributed by atoms with van der Waals surface area (Å²) in [5.41, 5.74) is 0.954. The van der Waals surface area contributed by atoms with Crippen LogP contribution in [0.3, 0.4) is 0 Å². The zero-order valence-electron chi connectivity index (χ0n) is 9.20. The first-order valence-electron chi connectivity index (χ1n) is 5.17. The standard InChI is InChI=1S/C12H15NO3/c1-2-12(8-14)13(10-15)16-9-11-6-4-3-5-7-11/h3-8,10,12H,2,9H2,1H3/t12-/m0/s1. The van der Waals surface area contributed by atoms with Gasteiger partial charge in [-0.05, 0) is 12.0 Å². The van der Waals surface area contributed by atoms with Crippen LogP contribution in [0, 0.1) is 0 Å². The molecule has 1 amide bonds. The van der Waals surface area contributed by atoms with Crippen molar-refractivity contribution in [3.05, 3.63) is 35.9 Å². The quantitative estimate of drug-likeness (QED) is 0.518. The molecule has 4 heteroatoms. The van der Waals surface area contributed by atoms with E-state index in [4.69, 9.17) is 4.84 Å². The van der Waals surface area contributed by atoms with Crippen LogP contribution in [-0.4, -0.2) is 23.8 Å². The Bertz CT molecular complexity index is 326. The van der Waals surface area contributed by atoms with Gasteiger partial charge in [-0.25, -0.2) is 5.06 Å². The molecule has 0 N–H and O–H groups in total. The first-order chi connectivity index (χ1) is 7.81.